The SMILES string of the molecule is NCC(C(=O)O)c1cc(F)c(F)c(C(=O)O)c1. The van der Waals surface area contributed by atoms with Crippen molar-refractivity contribution in [1.29, 1.82) is 0 Å². The lowest BCUT2D eigenvalue weighted by Gasteiger charge is -2.11. The lowest BCUT2D eigenvalue weighted by Crippen LogP contribution is -2.22. The highest BCUT2D eigenvalue weighted by atomic mass is 19.2. The number of halogens is 2. The number of hydrogen-bond acceptors (Lipinski definition) is 3. The fourth-order valence-electron chi connectivity index (χ4n) is 1.35. The number of carbonyl (C=O) groups is 2. The monoisotopic (exact) mass is 245 g/mol. The lowest BCUT2D eigenvalue weighted by molar-refractivity contribution is -0.138. The molecule has 0 fully saturated rings. The Labute approximate surface area is 94.5 Å². The molecule has 0 bridgehead atoms. The molecule has 0 aromatic heterocycles. The Kier molecular flexibility index (Phi) is 3.74. The van der Waals surface area contributed by atoms with Gasteiger partial charge in [-0.3, -0.25) is 4.79 Å². The van der Waals surface area contributed by atoms with Gasteiger partial charge < -0.3 is 15.9 Å². The highest BCUT2D eigenvalue weighted by Gasteiger charge is 2.23. The van der Waals surface area contributed by atoms with Crippen LogP contribution in [0.15, 0.2) is 12.1 Å². The first-order valence-corrected chi connectivity index (χ1v) is 4.53. The maximum absolute atomic E-state index is 13.1. The number of hydrogen-bond donors (Lipinski definition) is 3. The normalized spacial score (nSPS) is 12.2. The molecular weight excluding hydrogens is 236 g/mol. The largest absolute Gasteiger partial charge is 0.481 e. The fourth-order valence-corrected chi connectivity index (χ4v) is 1.35. The molecule has 0 saturated carbocycles. The Morgan fingerprint density at radius 3 is 2.29 bits per heavy atom. The van der Waals surface area contributed by atoms with E-state index in [0.29, 0.717) is 6.07 Å². The van der Waals surface area contributed by atoms with E-state index in [4.69, 9.17) is 15.9 Å². The highest BCUT2D eigenvalue weighted by Crippen LogP contribution is 2.21. The summed E-state index contributed by atoms with van der Waals surface area (Å²) in [6.07, 6.45) is 0. The second-order valence-electron chi connectivity index (χ2n) is 3.30. The average molecular weight is 245 g/mol. The molecule has 0 amide bonds. The Morgan fingerprint density at radius 1 is 1.29 bits per heavy atom. The fraction of sp³-hybridized carbons (Fsp3) is 0.200. The van der Waals surface area contributed by atoms with Crippen molar-refractivity contribution in [3.05, 3.63) is 34.9 Å². The molecule has 1 aromatic carbocycles. The summed E-state index contributed by atoms with van der Waals surface area (Å²) < 4.78 is 26.2. The molecule has 17 heavy (non-hydrogen) atoms. The predicted octanol–water partition coefficient (Wildman–Crippen LogP) is 0.790. The van der Waals surface area contributed by atoms with Crippen molar-refractivity contribution in [2.75, 3.05) is 6.54 Å². The molecule has 1 rings (SSSR count). The third-order valence-corrected chi connectivity index (χ3v) is 2.22. The minimum Gasteiger partial charge on any atom is -0.481 e. The summed E-state index contributed by atoms with van der Waals surface area (Å²) in [5.41, 5.74) is 4.07. The van der Waals surface area contributed by atoms with Crippen molar-refractivity contribution < 1.29 is 28.6 Å². The van der Waals surface area contributed by atoms with Crippen molar-refractivity contribution in [3.63, 3.8) is 0 Å². The van der Waals surface area contributed by atoms with E-state index in [0.717, 1.165) is 6.07 Å². The van der Waals surface area contributed by atoms with E-state index in [2.05, 4.69) is 0 Å². The van der Waals surface area contributed by atoms with E-state index in [1.807, 2.05) is 0 Å². The van der Waals surface area contributed by atoms with Crippen molar-refractivity contribution in [3.8, 4) is 0 Å². The molecule has 0 aliphatic rings. The Balaban J connectivity index is 3.36. The molecule has 0 aliphatic heterocycles. The van der Waals surface area contributed by atoms with Gasteiger partial charge in [-0.05, 0) is 17.7 Å². The van der Waals surface area contributed by atoms with Crippen LogP contribution in [0, 0.1) is 11.6 Å². The minimum absolute atomic E-state index is 0.184. The maximum atomic E-state index is 13.1. The number of carboxylic acid groups (broad SMARTS) is 2. The number of nitrogens with two attached hydrogens (primary N) is 1. The molecule has 0 spiro atoms. The van der Waals surface area contributed by atoms with E-state index in [1.54, 1.807) is 0 Å². The second-order valence-corrected chi connectivity index (χ2v) is 3.30. The molecular formula is C10H9F2NO4. The summed E-state index contributed by atoms with van der Waals surface area (Å²) in [7, 11) is 0. The molecule has 4 N–H and O–H groups in total. The van der Waals surface area contributed by atoms with Crippen LogP contribution in [0.5, 0.6) is 0 Å². The Morgan fingerprint density at radius 2 is 1.88 bits per heavy atom. The maximum Gasteiger partial charge on any atom is 0.338 e. The summed E-state index contributed by atoms with van der Waals surface area (Å²) in [5.74, 6) is -7.23. The lowest BCUT2D eigenvalue weighted by atomic mass is 9.97. The zero-order valence-electron chi connectivity index (χ0n) is 8.48. The number of benzene rings is 1. The number of rotatable bonds is 4. The number of aromatic carboxylic acids is 1. The van der Waals surface area contributed by atoms with Crippen LogP contribution in [-0.2, 0) is 4.79 Å². The first kappa shape index (κ1) is 13.0. The van der Waals surface area contributed by atoms with Gasteiger partial charge in [-0.2, -0.15) is 0 Å². The van der Waals surface area contributed by atoms with Crippen LogP contribution in [0.3, 0.4) is 0 Å². The molecule has 92 valence electrons. The molecule has 1 aromatic rings. The second kappa shape index (κ2) is 4.88. The first-order chi connectivity index (χ1) is 7.88. The van der Waals surface area contributed by atoms with E-state index in [9.17, 15) is 18.4 Å². The van der Waals surface area contributed by atoms with Crippen LogP contribution in [0.25, 0.3) is 0 Å². The van der Waals surface area contributed by atoms with Gasteiger partial charge in [-0.25, -0.2) is 13.6 Å². The molecule has 7 heteroatoms. The summed E-state index contributed by atoms with van der Waals surface area (Å²) in [5, 5.41) is 17.4. The highest BCUT2D eigenvalue weighted by molar-refractivity contribution is 5.89. The number of aliphatic carboxylic acids is 1. The zero-order valence-corrected chi connectivity index (χ0v) is 8.48. The van der Waals surface area contributed by atoms with Crippen LogP contribution in [0.4, 0.5) is 8.78 Å². The van der Waals surface area contributed by atoms with Crippen molar-refractivity contribution in [2.24, 2.45) is 5.73 Å². The van der Waals surface area contributed by atoms with Gasteiger partial charge in [0.15, 0.2) is 11.6 Å². The number of carboxylic acids is 2. The average Bonchev–Trinajstić information content (AvgIpc) is 2.22. The van der Waals surface area contributed by atoms with Crippen molar-refractivity contribution in [2.45, 2.75) is 5.92 Å². The van der Waals surface area contributed by atoms with Crippen LogP contribution in [0.2, 0.25) is 0 Å². The van der Waals surface area contributed by atoms with E-state index in [-0.39, 0.29) is 12.1 Å². The van der Waals surface area contributed by atoms with Gasteiger partial charge in [0.25, 0.3) is 0 Å². The topological polar surface area (TPSA) is 101 Å². The standard InChI is InChI=1S/C10H9F2NO4/c11-7-2-4(6(3-13)10(16)17)1-5(8(7)12)9(14)15/h1-2,6H,3,13H2,(H,14,15)(H,16,17). The van der Waals surface area contributed by atoms with Gasteiger partial charge in [0.2, 0.25) is 0 Å². The summed E-state index contributed by atoms with van der Waals surface area (Å²) in [6.45, 7) is -0.348. The van der Waals surface area contributed by atoms with Gasteiger partial charge in [0.1, 0.15) is 0 Å². The van der Waals surface area contributed by atoms with Gasteiger partial charge in [0, 0.05) is 6.54 Å². The summed E-state index contributed by atoms with van der Waals surface area (Å²) in [4.78, 5) is 21.4. The molecule has 5 nitrogen and oxygen atoms in total. The third-order valence-electron chi connectivity index (χ3n) is 2.22. The Hall–Kier alpha value is -2.02. The van der Waals surface area contributed by atoms with Crippen LogP contribution in [-0.4, -0.2) is 28.7 Å². The smallest absolute Gasteiger partial charge is 0.338 e. The minimum atomic E-state index is -1.68. The molecule has 0 saturated heterocycles. The molecule has 1 atom stereocenters. The van der Waals surface area contributed by atoms with Gasteiger partial charge in [-0.15, -0.1) is 0 Å². The summed E-state index contributed by atoms with van der Waals surface area (Å²) in [6, 6.07) is 1.40. The summed E-state index contributed by atoms with van der Waals surface area (Å²) >= 11 is 0. The molecule has 1 unspecified atom stereocenters. The van der Waals surface area contributed by atoms with E-state index < -0.39 is 35.1 Å². The van der Waals surface area contributed by atoms with Crippen LogP contribution < -0.4 is 5.73 Å². The molecule has 0 heterocycles. The van der Waals surface area contributed by atoms with Crippen molar-refractivity contribution in [1.82, 2.24) is 0 Å². The third kappa shape index (κ3) is 2.56. The molecule has 0 aliphatic carbocycles. The Bertz CT molecular complexity index is 476. The van der Waals surface area contributed by atoms with E-state index >= 15 is 0 Å². The van der Waals surface area contributed by atoms with Gasteiger partial charge in [-0.1, -0.05) is 0 Å². The van der Waals surface area contributed by atoms with Gasteiger partial charge in [0.05, 0.1) is 11.5 Å². The zero-order chi connectivity index (χ0) is 13.2. The predicted molar refractivity (Wildman–Crippen MR) is 52.7 cm³/mol. The quantitative estimate of drug-likeness (QED) is 0.728. The van der Waals surface area contributed by atoms with Crippen LogP contribution >= 0.6 is 0 Å². The van der Waals surface area contributed by atoms with E-state index in [1.165, 1.54) is 0 Å². The van der Waals surface area contributed by atoms with Crippen molar-refractivity contribution >= 4 is 11.9 Å². The first-order valence-electron chi connectivity index (χ1n) is 4.53. The van der Waals surface area contributed by atoms with Gasteiger partial charge >= 0.3 is 11.9 Å². The van der Waals surface area contributed by atoms with Crippen LogP contribution in [0.1, 0.15) is 21.8 Å². The molecule has 0 radical (unpaired) electrons.